The van der Waals surface area contributed by atoms with E-state index < -0.39 is 6.10 Å². The van der Waals surface area contributed by atoms with E-state index in [4.69, 9.17) is 4.74 Å². The van der Waals surface area contributed by atoms with Crippen LogP contribution in [0, 0.1) is 6.92 Å². The highest BCUT2D eigenvalue weighted by atomic mass is 16.5. The number of amides is 2. The molecule has 2 aromatic rings. The first-order valence-electron chi connectivity index (χ1n) is 8.42. The lowest BCUT2D eigenvalue weighted by molar-refractivity contribution is -0.122. The lowest BCUT2D eigenvalue weighted by atomic mass is 10.2. The number of benzene rings is 2. The number of nitrogens with one attached hydrogen (secondary N) is 2. The third-order valence-electron chi connectivity index (χ3n) is 3.64. The molecule has 0 saturated carbocycles. The molecule has 0 bridgehead atoms. The van der Waals surface area contributed by atoms with Crippen LogP contribution >= 0.6 is 0 Å². The quantitative estimate of drug-likeness (QED) is 0.796. The van der Waals surface area contributed by atoms with Crippen molar-refractivity contribution in [2.75, 3.05) is 10.6 Å². The molecule has 0 fully saturated rings. The molecule has 1 unspecified atom stereocenters. The monoisotopic (exact) mass is 340 g/mol. The van der Waals surface area contributed by atoms with Crippen molar-refractivity contribution in [3.05, 3.63) is 54.1 Å². The third-order valence-corrected chi connectivity index (χ3v) is 3.64. The summed E-state index contributed by atoms with van der Waals surface area (Å²) in [5.41, 5.74) is 2.26. The van der Waals surface area contributed by atoms with E-state index in [9.17, 15) is 9.59 Å². The summed E-state index contributed by atoms with van der Waals surface area (Å²) in [5, 5.41) is 5.63. The van der Waals surface area contributed by atoms with Gasteiger partial charge in [0.15, 0.2) is 6.10 Å². The molecule has 2 amide bonds. The SMILES string of the molecule is CCCC(=O)Nc1ccccc1NC(=O)C(C)Oc1ccc(C)cc1. The van der Waals surface area contributed by atoms with Crippen LogP contribution in [-0.2, 0) is 9.59 Å². The van der Waals surface area contributed by atoms with Crippen molar-refractivity contribution in [2.24, 2.45) is 0 Å². The predicted molar refractivity (Wildman–Crippen MR) is 99.9 cm³/mol. The van der Waals surface area contributed by atoms with Crippen LogP contribution in [0.15, 0.2) is 48.5 Å². The molecular formula is C20H24N2O3. The summed E-state index contributed by atoms with van der Waals surface area (Å²) in [5.74, 6) is 0.281. The van der Waals surface area contributed by atoms with Gasteiger partial charge in [0.2, 0.25) is 5.91 Å². The number of anilines is 2. The molecule has 5 heteroatoms. The maximum absolute atomic E-state index is 12.4. The molecule has 5 nitrogen and oxygen atoms in total. The number of ether oxygens (including phenoxy) is 1. The topological polar surface area (TPSA) is 67.4 Å². The molecule has 0 heterocycles. The average molecular weight is 340 g/mol. The van der Waals surface area contributed by atoms with Crippen LogP contribution in [0.4, 0.5) is 11.4 Å². The summed E-state index contributed by atoms with van der Waals surface area (Å²) in [6.45, 7) is 5.62. The molecule has 25 heavy (non-hydrogen) atoms. The second-order valence-corrected chi connectivity index (χ2v) is 5.91. The van der Waals surface area contributed by atoms with Gasteiger partial charge in [-0.2, -0.15) is 0 Å². The highest BCUT2D eigenvalue weighted by Crippen LogP contribution is 2.22. The van der Waals surface area contributed by atoms with Crippen LogP contribution < -0.4 is 15.4 Å². The van der Waals surface area contributed by atoms with E-state index in [1.54, 1.807) is 25.1 Å². The summed E-state index contributed by atoms with van der Waals surface area (Å²) >= 11 is 0. The highest BCUT2D eigenvalue weighted by molar-refractivity contribution is 6.00. The Morgan fingerprint density at radius 1 is 1.00 bits per heavy atom. The Morgan fingerprint density at radius 2 is 1.60 bits per heavy atom. The van der Waals surface area contributed by atoms with Crippen molar-refractivity contribution in [3.63, 3.8) is 0 Å². The molecule has 2 aromatic carbocycles. The van der Waals surface area contributed by atoms with Gasteiger partial charge in [0.05, 0.1) is 11.4 Å². The van der Waals surface area contributed by atoms with Crippen molar-refractivity contribution >= 4 is 23.2 Å². The van der Waals surface area contributed by atoms with E-state index in [1.807, 2.05) is 44.2 Å². The van der Waals surface area contributed by atoms with Crippen LogP contribution in [-0.4, -0.2) is 17.9 Å². The van der Waals surface area contributed by atoms with Crippen LogP contribution in [0.1, 0.15) is 32.3 Å². The molecule has 0 aliphatic rings. The Balaban J connectivity index is 2.01. The number of hydrogen-bond donors (Lipinski definition) is 2. The lowest BCUT2D eigenvalue weighted by Gasteiger charge is -2.17. The van der Waals surface area contributed by atoms with E-state index in [1.165, 1.54) is 0 Å². The van der Waals surface area contributed by atoms with E-state index in [0.717, 1.165) is 12.0 Å². The molecule has 2 rings (SSSR count). The molecular weight excluding hydrogens is 316 g/mol. The molecule has 1 atom stereocenters. The minimum absolute atomic E-state index is 0.0758. The minimum Gasteiger partial charge on any atom is -0.481 e. The van der Waals surface area contributed by atoms with Gasteiger partial charge in [-0.3, -0.25) is 9.59 Å². The average Bonchev–Trinajstić information content (AvgIpc) is 2.58. The highest BCUT2D eigenvalue weighted by Gasteiger charge is 2.16. The predicted octanol–water partition coefficient (Wildman–Crippen LogP) is 4.14. The zero-order chi connectivity index (χ0) is 18.2. The first-order valence-corrected chi connectivity index (χ1v) is 8.42. The van der Waals surface area contributed by atoms with Gasteiger partial charge in [-0.15, -0.1) is 0 Å². The Labute approximate surface area is 148 Å². The van der Waals surface area contributed by atoms with Crippen molar-refractivity contribution in [2.45, 2.75) is 39.7 Å². The number of rotatable bonds is 7. The van der Waals surface area contributed by atoms with E-state index in [2.05, 4.69) is 10.6 Å². The number of aryl methyl sites for hydroxylation is 1. The Bertz CT molecular complexity index is 726. The first-order chi connectivity index (χ1) is 12.0. The van der Waals surface area contributed by atoms with Gasteiger partial charge in [0.25, 0.3) is 5.91 Å². The van der Waals surface area contributed by atoms with Crippen molar-refractivity contribution in [1.82, 2.24) is 0 Å². The van der Waals surface area contributed by atoms with Crippen LogP contribution in [0.3, 0.4) is 0 Å². The Hall–Kier alpha value is -2.82. The summed E-state index contributed by atoms with van der Waals surface area (Å²) in [4.78, 5) is 24.2. The number of hydrogen-bond acceptors (Lipinski definition) is 3. The fourth-order valence-corrected chi connectivity index (χ4v) is 2.25. The zero-order valence-corrected chi connectivity index (χ0v) is 14.8. The maximum atomic E-state index is 12.4. The van der Waals surface area contributed by atoms with Gasteiger partial charge in [0.1, 0.15) is 5.75 Å². The van der Waals surface area contributed by atoms with Gasteiger partial charge in [0, 0.05) is 6.42 Å². The largest absolute Gasteiger partial charge is 0.481 e. The van der Waals surface area contributed by atoms with E-state index in [0.29, 0.717) is 23.5 Å². The molecule has 0 saturated heterocycles. The van der Waals surface area contributed by atoms with E-state index in [-0.39, 0.29) is 11.8 Å². The van der Waals surface area contributed by atoms with Gasteiger partial charge in [-0.05, 0) is 44.5 Å². The fourth-order valence-electron chi connectivity index (χ4n) is 2.25. The molecule has 0 radical (unpaired) electrons. The van der Waals surface area contributed by atoms with Gasteiger partial charge in [-0.25, -0.2) is 0 Å². The normalized spacial score (nSPS) is 11.5. The van der Waals surface area contributed by atoms with E-state index >= 15 is 0 Å². The first kappa shape index (κ1) is 18.5. The van der Waals surface area contributed by atoms with Crippen molar-refractivity contribution < 1.29 is 14.3 Å². The van der Waals surface area contributed by atoms with Crippen molar-refractivity contribution in [1.29, 1.82) is 0 Å². The smallest absolute Gasteiger partial charge is 0.265 e. The van der Waals surface area contributed by atoms with Crippen molar-refractivity contribution in [3.8, 4) is 5.75 Å². The van der Waals surface area contributed by atoms with Gasteiger partial charge >= 0.3 is 0 Å². The minimum atomic E-state index is -0.665. The Kier molecular flexibility index (Phi) is 6.57. The molecule has 132 valence electrons. The number of carbonyl (C=O) groups is 2. The van der Waals surface area contributed by atoms with Crippen LogP contribution in [0.5, 0.6) is 5.75 Å². The molecule has 0 aliphatic carbocycles. The zero-order valence-electron chi connectivity index (χ0n) is 14.8. The third kappa shape index (κ3) is 5.64. The van der Waals surface area contributed by atoms with Gasteiger partial charge < -0.3 is 15.4 Å². The number of para-hydroxylation sites is 2. The summed E-state index contributed by atoms with van der Waals surface area (Å²) in [6.07, 6.45) is 0.541. The Morgan fingerprint density at radius 3 is 2.20 bits per heavy atom. The number of carbonyl (C=O) groups excluding carboxylic acids is 2. The molecule has 2 N–H and O–H groups in total. The summed E-state index contributed by atoms with van der Waals surface area (Å²) < 4.78 is 5.66. The fraction of sp³-hybridized carbons (Fsp3) is 0.300. The summed E-state index contributed by atoms with van der Waals surface area (Å²) in [6, 6.07) is 14.6. The second-order valence-electron chi connectivity index (χ2n) is 5.91. The van der Waals surface area contributed by atoms with Gasteiger partial charge in [-0.1, -0.05) is 36.8 Å². The lowest BCUT2D eigenvalue weighted by Crippen LogP contribution is -2.30. The molecule has 0 aliphatic heterocycles. The van der Waals surface area contributed by atoms with Crippen LogP contribution in [0.2, 0.25) is 0 Å². The molecule has 0 spiro atoms. The molecule has 0 aromatic heterocycles. The maximum Gasteiger partial charge on any atom is 0.265 e. The standard InChI is InChI=1S/C20H24N2O3/c1-4-7-19(23)21-17-8-5-6-9-18(17)22-20(24)15(3)25-16-12-10-14(2)11-13-16/h5-6,8-13,15H,4,7H2,1-3H3,(H,21,23)(H,22,24). The summed E-state index contributed by atoms with van der Waals surface area (Å²) in [7, 11) is 0. The van der Waals surface area contributed by atoms with Crippen LogP contribution in [0.25, 0.3) is 0 Å². The second kappa shape index (κ2) is 8.87.